The number of rotatable bonds is 3. The summed E-state index contributed by atoms with van der Waals surface area (Å²) in [5.74, 6) is -1.77. The zero-order valence-corrected chi connectivity index (χ0v) is 9.77. The van der Waals surface area contributed by atoms with E-state index in [2.05, 4.69) is 10.2 Å². The van der Waals surface area contributed by atoms with Crippen LogP contribution >= 0.6 is 0 Å². The van der Waals surface area contributed by atoms with Gasteiger partial charge >= 0.3 is 5.97 Å². The van der Waals surface area contributed by atoms with Gasteiger partial charge in [0.2, 0.25) is 0 Å². The Kier molecular flexibility index (Phi) is 3.62. The summed E-state index contributed by atoms with van der Waals surface area (Å²) in [6.45, 7) is 2.79. The van der Waals surface area contributed by atoms with Gasteiger partial charge in [-0.1, -0.05) is 0 Å². The van der Waals surface area contributed by atoms with Gasteiger partial charge in [-0.2, -0.15) is 5.10 Å². The summed E-state index contributed by atoms with van der Waals surface area (Å²) in [5, 5.41) is 14.5. The second-order valence-corrected chi connectivity index (χ2v) is 3.69. The zero-order valence-electron chi connectivity index (χ0n) is 9.77. The third kappa shape index (κ3) is 2.68. The van der Waals surface area contributed by atoms with Crippen LogP contribution in [0.25, 0.3) is 0 Å². The molecular formula is C10H13N3O4. The molecule has 1 aromatic rings. The van der Waals surface area contributed by atoms with E-state index in [0.29, 0.717) is 11.3 Å². The number of aryl methyl sites for hydroxylation is 1. The van der Waals surface area contributed by atoms with E-state index >= 15 is 0 Å². The lowest BCUT2D eigenvalue weighted by molar-refractivity contribution is -0.137. The lowest BCUT2D eigenvalue weighted by atomic mass is 10.1. The van der Waals surface area contributed by atoms with Crippen LogP contribution in [-0.2, 0) is 4.79 Å². The molecule has 7 heteroatoms. The van der Waals surface area contributed by atoms with Gasteiger partial charge < -0.3 is 10.0 Å². The summed E-state index contributed by atoms with van der Waals surface area (Å²) < 4.78 is 0. The molecule has 7 nitrogen and oxygen atoms in total. The average molecular weight is 239 g/mol. The van der Waals surface area contributed by atoms with Crippen molar-refractivity contribution in [1.29, 1.82) is 0 Å². The molecule has 0 aliphatic carbocycles. The van der Waals surface area contributed by atoms with E-state index in [1.165, 1.54) is 7.05 Å². The summed E-state index contributed by atoms with van der Waals surface area (Å²) in [4.78, 5) is 34.9. The molecule has 17 heavy (non-hydrogen) atoms. The van der Waals surface area contributed by atoms with Crippen LogP contribution < -0.4 is 5.56 Å². The van der Waals surface area contributed by atoms with Gasteiger partial charge in [0.1, 0.15) is 12.1 Å². The van der Waals surface area contributed by atoms with Crippen LogP contribution in [0.5, 0.6) is 0 Å². The fraction of sp³-hybridized carbons (Fsp3) is 0.400. The summed E-state index contributed by atoms with van der Waals surface area (Å²) in [7, 11) is 1.32. The molecule has 0 aliphatic heterocycles. The molecule has 0 atom stereocenters. The first kappa shape index (κ1) is 12.9. The Balaban J connectivity index is 3.17. The number of aromatic amines is 1. The van der Waals surface area contributed by atoms with Crippen LogP contribution in [0.15, 0.2) is 4.79 Å². The number of hydrogen-bond acceptors (Lipinski definition) is 4. The highest BCUT2D eigenvalue weighted by atomic mass is 16.4. The third-order valence-corrected chi connectivity index (χ3v) is 2.40. The molecule has 1 heterocycles. The Morgan fingerprint density at radius 1 is 1.41 bits per heavy atom. The number of carbonyl (C=O) groups excluding carboxylic acids is 1. The first-order chi connectivity index (χ1) is 7.84. The van der Waals surface area contributed by atoms with E-state index in [0.717, 1.165) is 4.90 Å². The minimum Gasteiger partial charge on any atom is -0.480 e. The van der Waals surface area contributed by atoms with E-state index in [4.69, 9.17) is 5.11 Å². The first-order valence-corrected chi connectivity index (χ1v) is 4.87. The van der Waals surface area contributed by atoms with Crippen LogP contribution in [0.3, 0.4) is 0 Å². The number of carboxylic acids is 1. The van der Waals surface area contributed by atoms with Crippen molar-refractivity contribution in [3.05, 3.63) is 27.2 Å². The second kappa shape index (κ2) is 4.77. The van der Waals surface area contributed by atoms with Gasteiger partial charge in [0, 0.05) is 7.05 Å². The minimum atomic E-state index is -1.14. The standard InChI is InChI=1S/C10H13N3O4/c1-5-6(2)11-12-9(16)8(5)10(17)13(3)4-7(14)15/h4H2,1-3H3,(H,12,16)(H,14,15). The van der Waals surface area contributed by atoms with Crippen molar-refractivity contribution in [3.63, 3.8) is 0 Å². The molecule has 0 aromatic carbocycles. The van der Waals surface area contributed by atoms with Crippen LogP contribution in [0.1, 0.15) is 21.6 Å². The van der Waals surface area contributed by atoms with Gasteiger partial charge in [0.25, 0.3) is 11.5 Å². The first-order valence-electron chi connectivity index (χ1n) is 4.87. The van der Waals surface area contributed by atoms with Crippen molar-refractivity contribution < 1.29 is 14.7 Å². The number of carboxylic acid groups (broad SMARTS) is 1. The number of nitrogens with zero attached hydrogens (tertiary/aromatic N) is 2. The molecule has 0 saturated carbocycles. The van der Waals surface area contributed by atoms with Crippen molar-refractivity contribution >= 4 is 11.9 Å². The highest BCUT2D eigenvalue weighted by Crippen LogP contribution is 2.07. The SMILES string of the molecule is Cc1n[nH]c(=O)c(C(=O)N(C)CC(=O)O)c1C. The van der Waals surface area contributed by atoms with Crippen LogP contribution in [0.2, 0.25) is 0 Å². The molecule has 0 fully saturated rings. The van der Waals surface area contributed by atoms with Gasteiger partial charge in [-0.3, -0.25) is 14.4 Å². The summed E-state index contributed by atoms with van der Waals surface area (Å²) >= 11 is 0. The highest BCUT2D eigenvalue weighted by molar-refractivity contribution is 5.96. The lowest BCUT2D eigenvalue weighted by Gasteiger charge is -2.15. The molecule has 1 aromatic heterocycles. The van der Waals surface area contributed by atoms with Gasteiger partial charge in [-0.05, 0) is 19.4 Å². The predicted octanol–water partition coefficient (Wildman–Crippen LogP) is -0.457. The topological polar surface area (TPSA) is 103 Å². The fourth-order valence-corrected chi connectivity index (χ4v) is 1.35. The van der Waals surface area contributed by atoms with E-state index in [1.54, 1.807) is 13.8 Å². The molecule has 0 radical (unpaired) electrons. The van der Waals surface area contributed by atoms with Crippen molar-refractivity contribution in [2.45, 2.75) is 13.8 Å². The Bertz CT molecular complexity index is 521. The van der Waals surface area contributed by atoms with E-state index in [1.807, 2.05) is 0 Å². The molecule has 0 aliphatic rings. The summed E-state index contributed by atoms with van der Waals surface area (Å²) in [6, 6.07) is 0. The molecule has 0 unspecified atom stereocenters. The number of nitrogens with one attached hydrogen (secondary N) is 1. The Morgan fingerprint density at radius 3 is 2.53 bits per heavy atom. The van der Waals surface area contributed by atoms with Gasteiger partial charge in [0.15, 0.2) is 0 Å². The molecule has 92 valence electrons. The number of amides is 1. The average Bonchev–Trinajstić information content (AvgIpc) is 2.23. The molecule has 0 spiro atoms. The van der Waals surface area contributed by atoms with Gasteiger partial charge in [-0.15, -0.1) is 0 Å². The van der Waals surface area contributed by atoms with E-state index < -0.39 is 24.0 Å². The van der Waals surface area contributed by atoms with Crippen molar-refractivity contribution in [2.75, 3.05) is 13.6 Å². The molecule has 2 N–H and O–H groups in total. The van der Waals surface area contributed by atoms with E-state index in [9.17, 15) is 14.4 Å². The Labute approximate surface area is 97.1 Å². The minimum absolute atomic E-state index is 0.0683. The molecule has 0 saturated heterocycles. The maximum absolute atomic E-state index is 11.9. The Morgan fingerprint density at radius 2 is 2.00 bits per heavy atom. The van der Waals surface area contributed by atoms with Gasteiger partial charge in [-0.25, -0.2) is 5.10 Å². The number of aliphatic carboxylic acids is 1. The monoisotopic (exact) mass is 239 g/mol. The number of aromatic nitrogens is 2. The molecular weight excluding hydrogens is 226 g/mol. The van der Waals surface area contributed by atoms with Gasteiger partial charge in [0.05, 0.1) is 5.69 Å². The number of carbonyl (C=O) groups is 2. The maximum Gasteiger partial charge on any atom is 0.323 e. The quantitative estimate of drug-likeness (QED) is 0.743. The number of likely N-dealkylation sites (N-methyl/N-ethyl adjacent to an activating group) is 1. The highest BCUT2D eigenvalue weighted by Gasteiger charge is 2.21. The van der Waals surface area contributed by atoms with Crippen LogP contribution in [0.4, 0.5) is 0 Å². The zero-order chi connectivity index (χ0) is 13.2. The van der Waals surface area contributed by atoms with Crippen LogP contribution in [-0.4, -0.2) is 45.7 Å². The van der Waals surface area contributed by atoms with Crippen molar-refractivity contribution in [2.24, 2.45) is 0 Å². The molecule has 1 rings (SSSR count). The number of hydrogen-bond donors (Lipinski definition) is 2. The lowest BCUT2D eigenvalue weighted by Crippen LogP contribution is -2.36. The van der Waals surface area contributed by atoms with Crippen LogP contribution in [0, 0.1) is 13.8 Å². The van der Waals surface area contributed by atoms with Crippen molar-refractivity contribution in [1.82, 2.24) is 15.1 Å². The second-order valence-electron chi connectivity index (χ2n) is 3.69. The third-order valence-electron chi connectivity index (χ3n) is 2.40. The molecule has 1 amide bonds. The largest absolute Gasteiger partial charge is 0.480 e. The van der Waals surface area contributed by atoms with E-state index in [-0.39, 0.29) is 5.56 Å². The number of H-pyrrole nitrogens is 1. The normalized spacial score (nSPS) is 10.1. The predicted molar refractivity (Wildman–Crippen MR) is 58.9 cm³/mol. The smallest absolute Gasteiger partial charge is 0.323 e. The Hall–Kier alpha value is -2.18. The molecule has 0 bridgehead atoms. The maximum atomic E-state index is 11.9. The fourth-order valence-electron chi connectivity index (χ4n) is 1.35. The summed E-state index contributed by atoms with van der Waals surface area (Å²) in [5.41, 5.74) is 0.296. The van der Waals surface area contributed by atoms with Crippen molar-refractivity contribution in [3.8, 4) is 0 Å². The summed E-state index contributed by atoms with van der Waals surface area (Å²) in [6.07, 6.45) is 0.